The Kier molecular flexibility index (Phi) is 6.97. The van der Waals surface area contributed by atoms with Crippen LogP contribution in [0.3, 0.4) is 0 Å². The molecular formula is C17H17ClN2O2S. The molecular weight excluding hydrogens is 332 g/mol. The zero-order valence-corrected chi connectivity index (χ0v) is 14.2. The quantitative estimate of drug-likeness (QED) is 0.612. The summed E-state index contributed by atoms with van der Waals surface area (Å²) >= 11 is 7.43. The number of carbonyl (C=O) groups is 1. The summed E-state index contributed by atoms with van der Waals surface area (Å²) in [4.78, 5) is 11.7. The molecule has 1 N–H and O–H groups in total. The maximum Gasteiger partial charge on any atom is 0.250 e. The number of thioether (sulfide) groups is 1. The molecule has 0 aliphatic heterocycles. The van der Waals surface area contributed by atoms with Gasteiger partial charge in [0.05, 0.1) is 19.1 Å². The van der Waals surface area contributed by atoms with Crippen LogP contribution in [0.1, 0.15) is 11.1 Å². The van der Waals surface area contributed by atoms with E-state index >= 15 is 0 Å². The van der Waals surface area contributed by atoms with E-state index in [2.05, 4.69) is 10.5 Å². The van der Waals surface area contributed by atoms with Crippen molar-refractivity contribution < 1.29 is 9.53 Å². The van der Waals surface area contributed by atoms with Crippen LogP contribution in [-0.4, -0.2) is 25.0 Å². The Morgan fingerprint density at radius 3 is 2.91 bits per heavy atom. The maximum atomic E-state index is 11.7. The molecule has 0 heterocycles. The van der Waals surface area contributed by atoms with Crippen molar-refractivity contribution in [2.75, 3.05) is 12.9 Å². The van der Waals surface area contributed by atoms with Gasteiger partial charge >= 0.3 is 0 Å². The minimum absolute atomic E-state index is 0.142. The lowest BCUT2D eigenvalue weighted by molar-refractivity contribution is -0.118. The first-order chi connectivity index (χ1) is 11.2. The van der Waals surface area contributed by atoms with Gasteiger partial charge in [-0.05, 0) is 35.4 Å². The number of ether oxygens (including phenoxy) is 1. The van der Waals surface area contributed by atoms with Gasteiger partial charge in [0.15, 0.2) is 0 Å². The average molecular weight is 349 g/mol. The second kappa shape index (κ2) is 9.22. The van der Waals surface area contributed by atoms with E-state index in [1.807, 2.05) is 48.5 Å². The van der Waals surface area contributed by atoms with Crippen LogP contribution in [-0.2, 0) is 10.5 Å². The minimum Gasteiger partial charge on any atom is -0.497 e. The van der Waals surface area contributed by atoms with Crippen molar-refractivity contribution in [1.82, 2.24) is 5.43 Å². The van der Waals surface area contributed by atoms with Crippen LogP contribution in [0.25, 0.3) is 0 Å². The van der Waals surface area contributed by atoms with Crippen LogP contribution >= 0.6 is 23.4 Å². The summed E-state index contributed by atoms with van der Waals surface area (Å²) in [5.41, 5.74) is 4.46. The van der Waals surface area contributed by atoms with Crippen molar-refractivity contribution in [3.05, 3.63) is 64.7 Å². The smallest absolute Gasteiger partial charge is 0.250 e. The van der Waals surface area contributed by atoms with Crippen LogP contribution in [0.5, 0.6) is 5.75 Å². The lowest BCUT2D eigenvalue weighted by Gasteiger charge is -2.02. The molecule has 0 aliphatic rings. The fourth-order valence-electron chi connectivity index (χ4n) is 1.82. The Morgan fingerprint density at radius 2 is 2.13 bits per heavy atom. The fraction of sp³-hybridized carbons (Fsp3) is 0.176. The van der Waals surface area contributed by atoms with E-state index in [1.54, 1.807) is 13.3 Å². The number of nitrogens with one attached hydrogen (secondary N) is 1. The van der Waals surface area contributed by atoms with E-state index in [-0.39, 0.29) is 5.91 Å². The highest BCUT2D eigenvalue weighted by molar-refractivity contribution is 7.99. The first kappa shape index (κ1) is 17.4. The number of amides is 1. The lowest BCUT2D eigenvalue weighted by Crippen LogP contribution is -2.19. The predicted molar refractivity (Wildman–Crippen MR) is 96.3 cm³/mol. The van der Waals surface area contributed by atoms with E-state index in [0.717, 1.165) is 22.6 Å². The normalized spacial score (nSPS) is 10.7. The summed E-state index contributed by atoms with van der Waals surface area (Å²) in [7, 11) is 1.61. The summed E-state index contributed by atoms with van der Waals surface area (Å²) < 4.78 is 5.12. The Balaban J connectivity index is 1.73. The molecule has 120 valence electrons. The molecule has 6 heteroatoms. The van der Waals surface area contributed by atoms with Crippen molar-refractivity contribution in [2.45, 2.75) is 5.75 Å². The molecule has 0 unspecified atom stereocenters. The van der Waals surface area contributed by atoms with Crippen molar-refractivity contribution in [2.24, 2.45) is 5.10 Å². The summed E-state index contributed by atoms with van der Waals surface area (Å²) in [5.74, 6) is 1.67. The van der Waals surface area contributed by atoms with E-state index in [0.29, 0.717) is 10.8 Å². The topological polar surface area (TPSA) is 50.7 Å². The Hall–Kier alpha value is -1.98. The molecule has 0 atom stereocenters. The largest absolute Gasteiger partial charge is 0.497 e. The second-order valence-electron chi connectivity index (χ2n) is 4.69. The Morgan fingerprint density at radius 1 is 1.30 bits per heavy atom. The molecule has 23 heavy (non-hydrogen) atoms. The number of rotatable bonds is 7. The number of halogens is 1. The Labute approximate surface area is 144 Å². The molecule has 2 aromatic rings. The number of hydrogen-bond acceptors (Lipinski definition) is 4. The van der Waals surface area contributed by atoms with Gasteiger partial charge in [-0.2, -0.15) is 5.10 Å². The second-order valence-corrected chi connectivity index (χ2v) is 6.11. The number of nitrogens with zero attached hydrogens (tertiary/aromatic N) is 1. The van der Waals surface area contributed by atoms with Crippen LogP contribution in [0.4, 0.5) is 0 Å². The van der Waals surface area contributed by atoms with Gasteiger partial charge in [0.1, 0.15) is 5.75 Å². The van der Waals surface area contributed by atoms with Crippen molar-refractivity contribution in [3.63, 3.8) is 0 Å². The lowest BCUT2D eigenvalue weighted by atomic mass is 10.2. The van der Waals surface area contributed by atoms with Gasteiger partial charge in [0.25, 0.3) is 0 Å². The van der Waals surface area contributed by atoms with Gasteiger partial charge in [0, 0.05) is 10.8 Å². The standard InChI is InChI=1S/C17H17ClN2O2S/c1-22-16-7-3-4-13(9-16)10-19-20-17(21)12-23-11-14-5-2-6-15(18)8-14/h2-10H,11-12H2,1H3,(H,20,21)/b19-10-. The minimum atomic E-state index is -0.142. The third-order valence-corrected chi connectivity index (χ3v) is 4.13. The summed E-state index contributed by atoms with van der Waals surface area (Å²) in [5, 5.41) is 4.65. The molecule has 0 aromatic heterocycles. The van der Waals surface area contributed by atoms with E-state index in [1.165, 1.54) is 11.8 Å². The van der Waals surface area contributed by atoms with Gasteiger partial charge < -0.3 is 4.74 Å². The molecule has 2 aromatic carbocycles. The molecule has 4 nitrogen and oxygen atoms in total. The highest BCUT2D eigenvalue weighted by Gasteiger charge is 2.01. The van der Waals surface area contributed by atoms with Crippen LogP contribution in [0, 0.1) is 0 Å². The van der Waals surface area contributed by atoms with Gasteiger partial charge in [-0.25, -0.2) is 5.43 Å². The molecule has 0 saturated heterocycles. The van der Waals surface area contributed by atoms with E-state index in [9.17, 15) is 4.79 Å². The number of benzene rings is 2. The van der Waals surface area contributed by atoms with Crippen LogP contribution < -0.4 is 10.2 Å². The van der Waals surface area contributed by atoms with Gasteiger partial charge in [-0.3, -0.25) is 4.79 Å². The summed E-state index contributed by atoms with van der Waals surface area (Å²) in [6, 6.07) is 15.0. The van der Waals surface area contributed by atoms with Gasteiger partial charge in [-0.15, -0.1) is 11.8 Å². The first-order valence-electron chi connectivity index (χ1n) is 6.95. The average Bonchev–Trinajstić information content (AvgIpc) is 2.55. The predicted octanol–water partition coefficient (Wildman–Crippen LogP) is 3.73. The van der Waals surface area contributed by atoms with Crippen LogP contribution in [0.15, 0.2) is 53.6 Å². The zero-order valence-electron chi connectivity index (χ0n) is 12.7. The van der Waals surface area contributed by atoms with E-state index in [4.69, 9.17) is 16.3 Å². The number of hydrazone groups is 1. The van der Waals surface area contributed by atoms with Gasteiger partial charge in [0.2, 0.25) is 5.91 Å². The summed E-state index contributed by atoms with van der Waals surface area (Å²) in [6.45, 7) is 0. The maximum absolute atomic E-state index is 11.7. The molecule has 0 bridgehead atoms. The molecule has 0 spiro atoms. The van der Waals surface area contributed by atoms with Crippen molar-refractivity contribution in [3.8, 4) is 5.75 Å². The molecule has 2 rings (SSSR count). The Bertz CT molecular complexity index is 692. The highest BCUT2D eigenvalue weighted by Crippen LogP contribution is 2.16. The first-order valence-corrected chi connectivity index (χ1v) is 8.49. The zero-order chi connectivity index (χ0) is 16.5. The summed E-state index contributed by atoms with van der Waals surface area (Å²) in [6.07, 6.45) is 1.59. The highest BCUT2D eigenvalue weighted by atomic mass is 35.5. The number of carbonyl (C=O) groups excluding carboxylic acids is 1. The third kappa shape index (κ3) is 6.34. The SMILES string of the molecule is COc1cccc(/C=N\NC(=O)CSCc2cccc(Cl)c2)c1. The van der Waals surface area contributed by atoms with Gasteiger partial charge in [-0.1, -0.05) is 35.9 Å². The molecule has 0 radical (unpaired) electrons. The fourth-order valence-corrected chi connectivity index (χ4v) is 2.80. The third-order valence-electron chi connectivity index (χ3n) is 2.89. The van der Waals surface area contributed by atoms with E-state index < -0.39 is 0 Å². The monoisotopic (exact) mass is 348 g/mol. The van der Waals surface area contributed by atoms with Crippen molar-refractivity contribution in [1.29, 1.82) is 0 Å². The molecule has 1 amide bonds. The molecule has 0 aliphatic carbocycles. The van der Waals surface area contributed by atoms with Crippen LogP contribution in [0.2, 0.25) is 5.02 Å². The molecule has 0 saturated carbocycles. The number of methoxy groups -OCH3 is 1. The van der Waals surface area contributed by atoms with Crippen molar-refractivity contribution >= 4 is 35.5 Å². The molecule has 0 fully saturated rings. The number of hydrogen-bond donors (Lipinski definition) is 1.